The summed E-state index contributed by atoms with van der Waals surface area (Å²) in [6.45, 7) is 0. The van der Waals surface area contributed by atoms with Crippen LogP contribution in [0.5, 0.6) is 23.0 Å². The Labute approximate surface area is 168 Å². The Morgan fingerprint density at radius 2 is 1.48 bits per heavy atom. The molecule has 0 N–H and O–H groups in total. The van der Waals surface area contributed by atoms with Crippen LogP contribution in [-0.2, 0) is 9.53 Å². The van der Waals surface area contributed by atoms with Crippen LogP contribution in [-0.4, -0.2) is 40.3 Å². The molecule has 0 aromatic heterocycles. The largest absolute Gasteiger partial charge is 0.497 e. The number of rotatable bonds is 7. The summed E-state index contributed by atoms with van der Waals surface area (Å²) in [5.74, 6) is 1.88. The summed E-state index contributed by atoms with van der Waals surface area (Å²) in [6, 6.07) is 10.9. The van der Waals surface area contributed by atoms with E-state index in [4.69, 9.17) is 23.7 Å². The molecule has 0 radical (unpaired) electrons. The van der Waals surface area contributed by atoms with Crippen LogP contribution < -0.4 is 18.9 Å². The predicted octanol–water partition coefficient (Wildman–Crippen LogP) is 3.73. The fraction of sp³-hybridized carbons (Fsp3) is 0.182. The summed E-state index contributed by atoms with van der Waals surface area (Å²) in [4.78, 5) is 16.4. The minimum absolute atomic E-state index is 0.175. The highest BCUT2D eigenvalue weighted by Gasteiger charge is 2.22. The highest BCUT2D eigenvalue weighted by atomic mass is 16.6. The summed E-state index contributed by atoms with van der Waals surface area (Å²) < 4.78 is 26.3. The van der Waals surface area contributed by atoms with E-state index >= 15 is 0 Å². The van der Waals surface area contributed by atoms with Gasteiger partial charge in [0.15, 0.2) is 17.2 Å². The number of cyclic esters (lactones) is 1. The monoisotopic (exact) mass is 395 g/mol. The Morgan fingerprint density at radius 3 is 2.03 bits per heavy atom. The fourth-order valence-corrected chi connectivity index (χ4v) is 2.72. The number of esters is 1. The average Bonchev–Trinajstić information content (AvgIpc) is 3.10. The van der Waals surface area contributed by atoms with Gasteiger partial charge in [-0.15, -0.1) is 0 Å². The van der Waals surface area contributed by atoms with Gasteiger partial charge >= 0.3 is 5.97 Å². The van der Waals surface area contributed by atoms with Gasteiger partial charge in [0.25, 0.3) is 0 Å². The van der Waals surface area contributed by atoms with Crippen LogP contribution in [0.3, 0.4) is 0 Å². The highest BCUT2D eigenvalue weighted by Crippen LogP contribution is 2.39. The van der Waals surface area contributed by atoms with Crippen molar-refractivity contribution < 1.29 is 28.5 Å². The lowest BCUT2D eigenvalue weighted by Gasteiger charge is -2.12. The van der Waals surface area contributed by atoms with Crippen molar-refractivity contribution in [1.29, 1.82) is 0 Å². The molecular formula is C22H21NO6. The quantitative estimate of drug-likeness (QED) is 0.525. The van der Waals surface area contributed by atoms with Gasteiger partial charge in [0.05, 0.1) is 28.4 Å². The van der Waals surface area contributed by atoms with Crippen LogP contribution in [0.4, 0.5) is 0 Å². The number of nitrogens with zero attached hydrogens (tertiary/aromatic N) is 1. The smallest absolute Gasteiger partial charge is 0.363 e. The van der Waals surface area contributed by atoms with E-state index in [0.717, 1.165) is 11.3 Å². The lowest BCUT2D eigenvalue weighted by molar-refractivity contribution is -0.129. The van der Waals surface area contributed by atoms with E-state index in [9.17, 15) is 4.79 Å². The Morgan fingerprint density at radius 1 is 0.828 bits per heavy atom. The minimum atomic E-state index is -0.534. The molecule has 0 amide bonds. The zero-order valence-corrected chi connectivity index (χ0v) is 16.6. The molecule has 0 saturated heterocycles. The molecule has 0 saturated carbocycles. The molecule has 7 nitrogen and oxygen atoms in total. The lowest BCUT2D eigenvalue weighted by Crippen LogP contribution is -2.01. The van der Waals surface area contributed by atoms with Crippen LogP contribution in [0.25, 0.3) is 12.2 Å². The molecule has 7 heteroatoms. The van der Waals surface area contributed by atoms with E-state index in [1.54, 1.807) is 37.5 Å². The SMILES string of the molecule is COc1ccc(/C=C/C2=NC(=C/c3cc(OC)c(OC)c(OC)c3)/C(=O)O2)cc1. The molecule has 0 atom stereocenters. The van der Waals surface area contributed by atoms with E-state index in [1.807, 2.05) is 24.3 Å². The molecule has 0 spiro atoms. The van der Waals surface area contributed by atoms with Gasteiger partial charge in [-0.3, -0.25) is 0 Å². The van der Waals surface area contributed by atoms with Gasteiger partial charge in [0.2, 0.25) is 11.6 Å². The Balaban J connectivity index is 1.85. The van der Waals surface area contributed by atoms with Crippen molar-refractivity contribution in [2.75, 3.05) is 28.4 Å². The maximum absolute atomic E-state index is 12.2. The van der Waals surface area contributed by atoms with Gasteiger partial charge in [0.1, 0.15) is 5.75 Å². The first-order valence-corrected chi connectivity index (χ1v) is 8.72. The third kappa shape index (κ3) is 4.57. The molecule has 29 heavy (non-hydrogen) atoms. The number of hydrogen-bond donors (Lipinski definition) is 0. The molecular weight excluding hydrogens is 374 g/mol. The predicted molar refractivity (Wildman–Crippen MR) is 110 cm³/mol. The summed E-state index contributed by atoms with van der Waals surface area (Å²) >= 11 is 0. The standard InChI is InChI=1S/C22H21NO6/c1-25-16-8-5-14(6-9-16)7-10-20-23-17(22(24)29-20)11-15-12-18(26-2)21(28-4)19(13-15)27-3/h5-13H,1-4H3/b10-7+,17-11+. The Hall–Kier alpha value is -3.74. The zero-order valence-electron chi connectivity index (χ0n) is 16.6. The molecule has 0 aliphatic carbocycles. The van der Waals surface area contributed by atoms with E-state index in [1.165, 1.54) is 21.3 Å². The van der Waals surface area contributed by atoms with Crippen molar-refractivity contribution in [2.24, 2.45) is 4.99 Å². The number of aliphatic imine (C=N–C) groups is 1. The second-order valence-electron chi connectivity index (χ2n) is 5.93. The maximum Gasteiger partial charge on any atom is 0.363 e. The normalized spacial score (nSPS) is 14.7. The lowest BCUT2D eigenvalue weighted by atomic mass is 10.1. The summed E-state index contributed by atoms with van der Waals surface area (Å²) in [5, 5.41) is 0. The first kappa shape index (κ1) is 20.0. The summed E-state index contributed by atoms with van der Waals surface area (Å²) in [7, 11) is 6.19. The van der Waals surface area contributed by atoms with E-state index in [0.29, 0.717) is 22.8 Å². The van der Waals surface area contributed by atoms with Crippen LogP contribution >= 0.6 is 0 Å². The second kappa shape index (κ2) is 8.97. The second-order valence-corrected chi connectivity index (χ2v) is 5.93. The van der Waals surface area contributed by atoms with Crippen LogP contribution in [0, 0.1) is 0 Å². The van der Waals surface area contributed by atoms with Gasteiger partial charge in [-0.25, -0.2) is 9.79 Å². The number of carbonyl (C=O) groups is 1. The van der Waals surface area contributed by atoms with Gasteiger partial charge in [0, 0.05) is 6.08 Å². The van der Waals surface area contributed by atoms with Crippen molar-refractivity contribution >= 4 is 24.0 Å². The Kier molecular flexibility index (Phi) is 6.19. The minimum Gasteiger partial charge on any atom is -0.497 e. The van der Waals surface area contributed by atoms with Crippen LogP contribution in [0.1, 0.15) is 11.1 Å². The molecule has 3 rings (SSSR count). The molecule has 2 aromatic carbocycles. The van der Waals surface area contributed by atoms with Gasteiger partial charge in [-0.2, -0.15) is 0 Å². The molecule has 150 valence electrons. The first-order valence-electron chi connectivity index (χ1n) is 8.72. The number of methoxy groups -OCH3 is 4. The Bertz CT molecular complexity index is 964. The van der Waals surface area contributed by atoms with Crippen LogP contribution in [0.15, 0.2) is 53.2 Å². The van der Waals surface area contributed by atoms with Gasteiger partial charge < -0.3 is 23.7 Å². The van der Waals surface area contributed by atoms with Gasteiger partial charge in [-0.05, 0) is 47.5 Å². The average molecular weight is 395 g/mol. The molecule has 2 aromatic rings. The van der Waals surface area contributed by atoms with Crippen molar-refractivity contribution in [3.05, 3.63) is 59.3 Å². The highest BCUT2D eigenvalue weighted by molar-refractivity contribution is 6.11. The van der Waals surface area contributed by atoms with Crippen molar-refractivity contribution in [3.63, 3.8) is 0 Å². The first-order chi connectivity index (χ1) is 14.1. The van der Waals surface area contributed by atoms with E-state index < -0.39 is 5.97 Å². The molecule has 0 bridgehead atoms. The van der Waals surface area contributed by atoms with E-state index in [-0.39, 0.29) is 11.6 Å². The third-order valence-electron chi connectivity index (χ3n) is 4.16. The zero-order chi connectivity index (χ0) is 20.8. The molecule has 0 fully saturated rings. The fourth-order valence-electron chi connectivity index (χ4n) is 2.72. The maximum atomic E-state index is 12.2. The van der Waals surface area contributed by atoms with Crippen molar-refractivity contribution in [1.82, 2.24) is 0 Å². The topological polar surface area (TPSA) is 75.6 Å². The molecule has 1 aliphatic heterocycles. The number of benzene rings is 2. The van der Waals surface area contributed by atoms with Crippen molar-refractivity contribution in [2.45, 2.75) is 0 Å². The molecule has 1 aliphatic rings. The summed E-state index contributed by atoms with van der Waals surface area (Å²) in [6.07, 6.45) is 5.03. The third-order valence-corrected chi connectivity index (χ3v) is 4.16. The summed E-state index contributed by atoms with van der Waals surface area (Å²) in [5.41, 5.74) is 1.76. The van der Waals surface area contributed by atoms with Crippen LogP contribution in [0.2, 0.25) is 0 Å². The molecule has 0 unspecified atom stereocenters. The number of ether oxygens (including phenoxy) is 5. The number of carbonyl (C=O) groups excluding carboxylic acids is 1. The van der Waals surface area contributed by atoms with Gasteiger partial charge in [-0.1, -0.05) is 12.1 Å². The van der Waals surface area contributed by atoms with Crippen molar-refractivity contribution in [3.8, 4) is 23.0 Å². The number of hydrogen-bond acceptors (Lipinski definition) is 7. The molecule has 1 heterocycles. The van der Waals surface area contributed by atoms with E-state index in [2.05, 4.69) is 4.99 Å².